The van der Waals surface area contributed by atoms with Crippen LogP contribution in [0.25, 0.3) is 0 Å². The highest BCUT2D eigenvalue weighted by molar-refractivity contribution is 8.00. The van der Waals surface area contributed by atoms with Gasteiger partial charge in [0.2, 0.25) is 5.91 Å². The van der Waals surface area contributed by atoms with Gasteiger partial charge in [0.15, 0.2) is 5.16 Å². The molecule has 0 aliphatic carbocycles. The van der Waals surface area contributed by atoms with Crippen LogP contribution in [0, 0.1) is 11.6 Å². The minimum atomic E-state index is -0.845. The maximum atomic E-state index is 13.8. The van der Waals surface area contributed by atoms with E-state index in [0.717, 1.165) is 34.8 Å². The van der Waals surface area contributed by atoms with E-state index in [0.29, 0.717) is 29.1 Å². The molecule has 4 rings (SSSR count). The van der Waals surface area contributed by atoms with Crippen molar-refractivity contribution in [1.29, 1.82) is 0 Å². The number of nitrogens with one attached hydrogen (secondary N) is 1. The number of amides is 1. The molecule has 5 nitrogen and oxygen atoms in total. The summed E-state index contributed by atoms with van der Waals surface area (Å²) in [4.78, 5) is 30.6. The maximum absolute atomic E-state index is 13.8. The Morgan fingerprint density at radius 2 is 2.00 bits per heavy atom. The SMILES string of the molecule is O=C(CSc1nc2c(c(=O)n1Cc1ccccc1)SCC2)Nc1ccc(F)cc1F. The van der Waals surface area contributed by atoms with Crippen LogP contribution in [0.5, 0.6) is 0 Å². The Labute approximate surface area is 179 Å². The van der Waals surface area contributed by atoms with Crippen molar-refractivity contribution in [1.82, 2.24) is 9.55 Å². The number of carbonyl (C=O) groups is 1. The van der Waals surface area contributed by atoms with Crippen LogP contribution >= 0.6 is 23.5 Å². The summed E-state index contributed by atoms with van der Waals surface area (Å²) < 4.78 is 28.4. The van der Waals surface area contributed by atoms with Crippen molar-refractivity contribution in [3.8, 4) is 0 Å². The van der Waals surface area contributed by atoms with Crippen LogP contribution in [-0.2, 0) is 17.8 Å². The number of carbonyl (C=O) groups excluding carboxylic acids is 1. The third kappa shape index (κ3) is 4.57. The molecule has 1 N–H and O–H groups in total. The summed E-state index contributed by atoms with van der Waals surface area (Å²) in [5, 5.41) is 2.87. The van der Waals surface area contributed by atoms with Crippen molar-refractivity contribution in [2.75, 3.05) is 16.8 Å². The smallest absolute Gasteiger partial charge is 0.268 e. The Bertz CT molecular complexity index is 1150. The molecule has 2 heterocycles. The highest BCUT2D eigenvalue weighted by Crippen LogP contribution is 2.29. The van der Waals surface area contributed by atoms with E-state index in [-0.39, 0.29) is 17.0 Å². The van der Waals surface area contributed by atoms with E-state index >= 15 is 0 Å². The topological polar surface area (TPSA) is 64.0 Å². The van der Waals surface area contributed by atoms with E-state index in [1.165, 1.54) is 17.8 Å². The monoisotopic (exact) mass is 445 g/mol. The standard InChI is InChI=1S/C21H17F2N3O2S2/c22-14-6-7-16(15(23)10-14)24-18(27)12-30-21-25-17-8-9-29-19(17)20(28)26(21)11-13-4-2-1-3-5-13/h1-7,10H,8-9,11-12H2,(H,24,27). The van der Waals surface area contributed by atoms with Crippen molar-refractivity contribution < 1.29 is 13.6 Å². The van der Waals surface area contributed by atoms with Crippen molar-refractivity contribution in [3.05, 3.63) is 81.8 Å². The maximum Gasteiger partial charge on any atom is 0.268 e. The molecule has 154 valence electrons. The molecule has 0 radical (unpaired) electrons. The van der Waals surface area contributed by atoms with Crippen LogP contribution in [0.15, 0.2) is 63.4 Å². The third-order valence-corrected chi connectivity index (χ3v) is 6.55. The normalized spacial score (nSPS) is 12.6. The number of nitrogens with zero attached hydrogens (tertiary/aromatic N) is 2. The van der Waals surface area contributed by atoms with Gasteiger partial charge in [-0.3, -0.25) is 14.2 Å². The number of aromatic nitrogens is 2. The lowest BCUT2D eigenvalue weighted by molar-refractivity contribution is -0.113. The predicted octanol–water partition coefficient (Wildman–Crippen LogP) is 3.95. The number of rotatable bonds is 6. The van der Waals surface area contributed by atoms with Crippen molar-refractivity contribution in [2.24, 2.45) is 0 Å². The Morgan fingerprint density at radius 1 is 1.20 bits per heavy atom. The van der Waals surface area contributed by atoms with E-state index in [1.54, 1.807) is 4.57 Å². The van der Waals surface area contributed by atoms with Crippen molar-refractivity contribution in [2.45, 2.75) is 23.0 Å². The quantitative estimate of drug-likeness (QED) is 0.460. The number of halogens is 2. The summed E-state index contributed by atoms with van der Waals surface area (Å²) in [6.45, 7) is 0.344. The minimum Gasteiger partial charge on any atom is -0.323 e. The van der Waals surface area contributed by atoms with Crippen LogP contribution in [0.1, 0.15) is 11.3 Å². The lowest BCUT2D eigenvalue weighted by Crippen LogP contribution is -2.26. The van der Waals surface area contributed by atoms with Gasteiger partial charge >= 0.3 is 0 Å². The fourth-order valence-corrected chi connectivity index (χ4v) is 4.90. The lowest BCUT2D eigenvalue weighted by Gasteiger charge is -2.14. The zero-order valence-corrected chi connectivity index (χ0v) is 17.4. The molecule has 1 amide bonds. The predicted molar refractivity (Wildman–Crippen MR) is 114 cm³/mol. The first-order chi connectivity index (χ1) is 14.5. The summed E-state index contributed by atoms with van der Waals surface area (Å²) >= 11 is 2.62. The first-order valence-electron chi connectivity index (χ1n) is 9.19. The molecule has 2 aromatic carbocycles. The van der Waals surface area contributed by atoms with Crippen LogP contribution in [0.4, 0.5) is 14.5 Å². The van der Waals surface area contributed by atoms with Crippen LogP contribution < -0.4 is 10.9 Å². The fourth-order valence-electron chi connectivity index (χ4n) is 3.05. The average molecular weight is 446 g/mol. The molecule has 0 unspecified atom stereocenters. The summed E-state index contributed by atoms with van der Waals surface area (Å²) in [5.74, 6) is -1.29. The van der Waals surface area contributed by atoms with Crippen molar-refractivity contribution >= 4 is 35.1 Å². The molecule has 1 aliphatic rings. The lowest BCUT2D eigenvalue weighted by atomic mass is 10.2. The number of hydrogen-bond acceptors (Lipinski definition) is 5. The summed E-state index contributed by atoms with van der Waals surface area (Å²) in [6, 6.07) is 12.5. The van der Waals surface area contributed by atoms with Gasteiger partial charge in [-0.2, -0.15) is 0 Å². The molecule has 0 atom stereocenters. The Balaban J connectivity index is 1.55. The molecular formula is C21H17F2N3O2S2. The zero-order chi connectivity index (χ0) is 21.1. The number of thioether (sulfide) groups is 2. The van der Waals surface area contributed by atoms with Crippen LogP contribution in [0.2, 0.25) is 0 Å². The first-order valence-corrected chi connectivity index (χ1v) is 11.2. The number of anilines is 1. The molecule has 3 aromatic rings. The highest BCUT2D eigenvalue weighted by Gasteiger charge is 2.22. The molecular weight excluding hydrogens is 428 g/mol. The van der Waals surface area contributed by atoms with Gasteiger partial charge in [-0.25, -0.2) is 13.8 Å². The van der Waals surface area contributed by atoms with Crippen LogP contribution in [-0.4, -0.2) is 27.0 Å². The van der Waals surface area contributed by atoms with Gasteiger partial charge in [0.05, 0.1) is 28.6 Å². The van der Waals surface area contributed by atoms with E-state index < -0.39 is 17.5 Å². The molecule has 0 fully saturated rings. The third-order valence-electron chi connectivity index (χ3n) is 4.47. The largest absolute Gasteiger partial charge is 0.323 e. The molecule has 0 spiro atoms. The van der Waals surface area contributed by atoms with Gasteiger partial charge in [0.1, 0.15) is 11.6 Å². The molecule has 1 aromatic heterocycles. The van der Waals surface area contributed by atoms with Gasteiger partial charge in [-0.1, -0.05) is 42.1 Å². The number of fused-ring (bicyclic) bond motifs is 1. The van der Waals surface area contributed by atoms with E-state index in [9.17, 15) is 18.4 Å². The highest BCUT2D eigenvalue weighted by atomic mass is 32.2. The number of aryl methyl sites for hydroxylation is 1. The zero-order valence-electron chi connectivity index (χ0n) is 15.7. The number of benzene rings is 2. The van der Waals surface area contributed by atoms with Gasteiger partial charge in [0, 0.05) is 18.2 Å². The second-order valence-corrected chi connectivity index (χ2v) is 8.65. The molecule has 0 saturated heterocycles. The summed E-state index contributed by atoms with van der Waals surface area (Å²) in [6.07, 6.45) is 0.710. The van der Waals surface area contributed by atoms with Gasteiger partial charge in [-0.15, -0.1) is 11.8 Å². The average Bonchev–Trinajstić information content (AvgIpc) is 3.20. The second kappa shape index (κ2) is 9.01. The molecule has 0 saturated carbocycles. The molecule has 9 heteroatoms. The summed E-state index contributed by atoms with van der Waals surface area (Å²) in [7, 11) is 0. The van der Waals surface area contributed by atoms with E-state index in [1.807, 2.05) is 30.3 Å². The Kier molecular flexibility index (Phi) is 6.19. The Hall–Kier alpha value is -2.65. The molecule has 1 aliphatic heterocycles. The van der Waals surface area contributed by atoms with Gasteiger partial charge in [0.25, 0.3) is 5.56 Å². The van der Waals surface area contributed by atoms with Crippen LogP contribution in [0.3, 0.4) is 0 Å². The first kappa shape index (κ1) is 20.6. The fraction of sp³-hybridized carbons (Fsp3) is 0.190. The summed E-state index contributed by atoms with van der Waals surface area (Å²) in [5.41, 5.74) is 1.49. The Morgan fingerprint density at radius 3 is 2.77 bits per heavy atom. The molecule has 30 heavy (non-hydrogen) atoms. The van der Waals surface area contributed by atoms with E-state index in [4.69, 9.17) is 0 Å². The van der Waals surface area contributed by atoms with Gasteiger partial charge < -0.3 is 5.32 Å². The van der Waals surface area contributed by atoms with Gasteiger partial charge in [-0.05, 0) is 17.7 Å². The number of hydrogen-bond donors (Lipinski definition) is 1. The van der Waals surface area contributed by atoms with E-state index in [2.05, 4.69) is 10.3 Å². The second-order valence-electron chi connectivity index (χ2n) is 6.61. The molecule has 0 bridgehead atoms. The van der Waals surface area contributed by atoms with Crippen molar-refractivity contribution in [3.63, 3.8) is 0 Å². The minimum absolute atomic E-state index is 0.0655.